The molecule has 1 N–H and O–H groups in total. The second-order valence-electron chi connectivity index (χ2n) is 5.41. The van der Waals surface area contributed by atoms with Crippen LogP contribution >= 0.6 is 0 Å². The Balaban J connectivity index is 1.80. The summed E-state index contributed by atoms with van der Waals surface area (Å²) in [5, 5.41) is 11.2. The third-order valence-corrected chi connectivity index (χ3v) is 3.63. The van der Waals surface area contributed by atoms with E-state index in [1.165, 1.54) is 5.56 Å². The molecule has 0 unspecified atom stereocenters. The average molecular weight is 338 g/mol. The molecule has 0 aromatic heterocycles. The summed E-state index contributed by atoms with van der Waals surface area (Å²) in [6.45, 7) is 3.28. The average Bonchev–Trinajstić information content (AvgIpc) is 2.65. The van der Waals surface area contributed by atoms with Gasteiger partial charge in [0.05, 0.1) is 6.07 Å². The van der Waals surface area contributed by atoms with E-state index in [0.717, 1.165) is 17.7 Å². The summed E-state index contributed by atoms with van der Waals surface area (Å²) >= 11 is 0. The predicted octanol–water partition coefficient (Wildman–Crippen LogP) is 3.24. The molecule has 5 heteroatoms. The quantitative estimate of drug-likeness (QED) is 0.713. The Morgan fingerprint density at radius 1 is 1.08 bits per heavy atom. The van der Waals surface area contributed by atoms with Crippen LogP contribution in [0.2, 0.25) is 0 Å². The molecule has 2 rings (SSSR count). The van der Waals surface area contributed by atoms with E-state index >= 15 is 0 Å². The van der Waals surface area contributed by atoms with Gasteiger partial charge in [-0.1, -0.05) is 37.3 Å². The van der Waals surface area contributed by atoms with Crippen molar-refractivity contribution in [1.29, 1.82) is 5.26 Å². The molecule has 0 spiro atoms. The highest BCUT2D eigenvalue weighted by atomic mass is 16.5. The van der Waals surface area contributed by atoms with Gasteiger partial charge in [-0.2, -0.15) is 5.26 Å². The zero-order valence-electron chi connectivity index (χ0n) is 14.3. The zero-order chi connectivity index (χ0) is 17.9. The van der Waals surface area contributed by atoms with E-state index in [-0.39, 0.29) is 12.3 Å². The van der Waals surface area contributed by atoms with Crippen molar-refractivity contribution in [3.8, 4) is 17.6 Å². The van der Waals surface area contributed by atoms with Gasteiger partial charge in [0, 0.05) is 12.1 Å². The van der Waals surface area contributed by atoms with Crippen molar-refractivity contribution in [3.63, 3.8) is 0 Å². The Morgan fingerprint density at radius 2 is 1.80 bits per heavy atom. The standard InChI is InChI=1S/C20H22N2O3/c1-2-16-7-9-18(10-8-16)24-13-14-25-19-6-4-3-5-17(19)15-22-20(23)11-12-21/h3-10H,2,11,13-15H2,1H3,(H,22,23). The minimum absolute atomic E-state index is 0.145. The maximum Gasteiger partial charge on any atom is 0.234 e. The lowest BCUT2D eigenvalue weighted by molar-refractivity contribution is -0.120. The summed E-state index contributed by atoms with van der Waals surface area (Å²) in [5.41, 5.74) is 2.14. The van der Waals surface area contributed by atoms with Crippen LogP contribution in [0.15, 0.2) is 48.5 Å². The van der Waals surface area contributed by atoms with Gasteiger partial charge in [-0.15, -0.1) is 0 Å². The van der Waals surface area contributed by atoms with Crippen LogP contribution < -0.4 is 14.8 Å². The van der Waals surface area contributed by atoms with E-state index in [1.54, 1.807) is 0 Å². The Morgan fingerprint density at radius 3 is 2.52 bits per heavy atom. The second kappa shape index (κ2) is 9.99. The first-order chi connectivity index (χ1) is 12.2. The summed E-state index contributed by atoms with van der Waals surface area (Å²) in [4.78, 5) is 11.4. The molecule has 0 fully saturated rings. The number of hydrogen-bond donors (Lipinski definition) is 1. The lowest BCUT2D eigenvalue weighted by Gasteiger charge is -2.12. The van der Waals surface area contributed by atoms with E-state index in [2.05, 4.69) is 24.4 Å². The van der Waals surface area contributed by atoms with Crippen LogP contribution in [0.1, 0.15) is 24.5 Å². The molecule has 0 saturated carbocycles. The van der Waals surface area contributed by atoms with Crippen LogP contribution in [0.25, 0.3) is 0 Å². The molecule has 0 radical (unpaired) electrons. The van der Waals surface area contributed by atoms with Crippen molar-refractivity contribution >= 4 is 5.91 Å². The fourth-order valence-corrected chi connectivity index (χ4v) is 2.25. The topological polar surface area (TPSA) is 71.3 Å². The predicted molar refractivity (Wildman–Crippen MR) is 95.3 cm³/mol. The van der Waals surface area contributed by atoms with Crippen LogP contribution in [0.5, 0.6) is 11.5 Å². The Bertz CT molecular complexity index is 720. The Kier molecular flexibility index (Phi) is 7.33. The number of rotatable bonds is 9. The minimum atomic E-state index is -0.295. The van der Waals surface area contributed by atoms with Gasteiger partial charge in [0.2, 0.25) is 5.91 Å². The summed E-state index contributed by atoms with van der Waals surface area (Å²) in [6, 6.07) is 17.3. The number of carbonyl (C=O) groups excluding carboxylic acids is 1. The Labute approximate surface area is 148 Å². The fraction of sp³-hybridized carbons (Fsp3) is 0.300. The lowest BCUT2D eigenvalue weighted by Crippen LogP contribution is -2.22. The third-order valence-electron chi connectivity index (χ3n) is 3.63. The van der Waals surface area contributed by atoms with Crippen LogP contribution in [-0.2, 0) is 17.8 Å². The second-order valence-corrected chi connectivity index (χ2v) is 5.41. The summed E-state index contributed by atoms with van der Waals surface area (Å²) in [6.07, 6.45) is 0.860. The van der Waals surface area contributed by atoms with Crippen molar-refractivity contribution in [1.82, 2.24) is 5.32 Å². The lowest BCUT2D eigenvalue weighted by atomic mass is 10.2. The van der Waals surface area contributed by atoms with E-state index in [1.807, 2.05) is 42.5 Å². The van der Waals surface area contributed by atoms with Gasteiger partial charge in [0.1, 0.15) is 31.1 Å². The van der Waals surface area contributed by atoms with Crippen molar-refractivity contribution < 1.29 is 14.3 Å². The monoisotopic (exact) mass is 338 g/mol. The van der Waals surface area contributed by atoms with Crippen LogP contribution in [0, 0.1) is 11.3 Å². The highest BCUT2D eigenvalue weighted by Gasteiger charge is 2.05. The molecule has 0 bridgehead atoms. The van der Waals surface area contributed by atoms with Gasteiger partial charge in [0.25, 0.3) is 0 Å². The molecule has 130 valence electrons. The van der Waals surface area contributed by atoms with E-state index in [4.69, 9.17) is 14.7 Å². The summed E-state index contributed by atoms with van der Waals surface area (Å²) in [7, 11) is 0. The largest absolute Gasteiger partial charge is 0.490 e. The van der Waals surface area contributed by atoms with E-state index in [0.29, 0.717) is 25.5 Å². The van der Waals surface area contributed by atoms with Crippen LogP contribution in [0.3, 0.4) is 0 Å². The number of nitrogens with one attached hydrogen (secondary N) is 1. The molecule has 5 nitrogen and oxygen atoms in total. The summed E-state index contributed by atoms with van der Waals surface area (Å²) < 4.78 is 11.4. The number of nitriles is 1. The van der Waals surface area contributed by atoms with Crippen molar-refractivity contribution in [2.24, 2.45) is 0 Å². The maximum absolute atomic E-state index is 11.4. The number of nitrogens with zero attached hydrogens (tertiary/aromatic N) is 1. The van der Waals surface area contributed by atoms with Gasteiger partial charge in [-0.3, -0.25) is 4.79 Å². The van der Waals surface area contributed by atoms with Gasteiger partial charge < -0.3 is 14.8 Å². The number of benzene rings is 2. The number of ether oxygens (including phenoxy) is 2. The van der Waals surface area contributed by atoms with Gasteiger partial charge in [-0.05, 0) is 30.2 Å². The molecule has 0 heterocycles. The molecule has 2 aromatic rings. The minimum Gasteiger partial charge on any atom is -0.490 e. The smallest absolute Gasteiger partial charge is 0.234 e. The molecule has 25 heavy (non-hydrogen) atoms. The molecule has 0 aliphatic rings. The molecular formula is C20H22N2O3. The van der Waals surface area contributed by atoms with Crippen molar-refractivity contribution in [2.75, 3.05) is 13.2 Å². The molecule has 0 aliphatic heterocycles. The molecular weight excluding hydrogens is 316 g/mol. The fourth-order valence-electron chi connectivity index (χ4n) is 2.25. The van der Waals surface area contributed by atoms with Crippen LogP contribution in [-0.4, -0.2) is 19.1 Å². The molecule has 2 aromatic carbocycles. The van der Waals surface area contributed by atoms with Crippen molar-refractivity contribution in [2.45, 2.75) is 26.3 Å². The first-order valence-corrected chi connectivity index (χ1v) is 8.29. The van der Waals surface area contributed by atoms with Gasteiger partial charge in [-0.25, -0.2) is 0 Å². The van der Waals surface area contributed by atoms with Crippen molar-refractivity contribution in [3.05, 3.63) is 59.7 Å². The number of hydrogen-bond acceptors (Lipinski definition) is 4. The van der Waals surface area contributed by atoms with Crippen LogP contribution in [0.4, 0.5) is 0 Å². The Hall–Kier alpha value is -3.00. The number of carbonyl (C=O) groups is 1. The number of aryl methyl sites for hydroxylation is 1. The molecule has 0 aliphatic carbocycles. The highest BCUT2D eigenvalue weighted by Crippen LogP contribution is 2.18. The number of para-hydroxylation sites is 1. The first kappa shape index (κ1) is 18.3. The first-order valence-electron chi connectivity index (χ1n) is 8.29. The van der Waals surface area contributed by atoms with E-state index < -0.39 is 0 Å². The maximum atomic E-state index is 11.4. The summed E-state index contributed by atoms with van der Waals surface area (Å²) in [5.74, 6) is 1.22. The number of amides is 1. The highest BCUT2D eigenvalue weighted by molar-refractivity contribution is 5.78. The molecule has 0 atom stereocenters. The zero-order valence-corrected chi connectivity index (χ0v) is 14.3. The molecule has 0 saturated heterocycles. The third kappa shape index (κ3) is 6.19. The van der Waals surface area contributed by atoms with Gasteiger partial charge in [0.15, 0.2) is 0 Å². The normalized spacial score (nSPS) is 9.92. The SMILES string of the molecule is CCc1ccc(OCCOc2ccccc2CNC(=O)CC#N)cc1. The van der Waals surface area contributed by atoms with E-state index in [9.17, 15) is 4.79 Å². The van der Waals surface area contributed by atoms with Gasteiger partial charge >= 0.3 is 0 Å². The molecule has 1 amide bonds.